The fraction of sp³-hybridized carbons (Fsp3) is 0.625. The molecule has 0 bridgehead atoms. The molecular weight excluding hydrogens is 374 g/mol. The second-order valence-electron chi connectivity index (χ2n) is 6.11. The largest absolute Gasteiger partial charge is 0.359 e. The molecular formula is C16H27N5O3S2. The molecule has 0 aliphatic carbocycles. The molecule has 0 spiro atoms. The average Bonchev–Trinajstić information content (AvgIpc) is 3.18. The number of hydrogen-bond donors (Lipinski definition) is 3. The summed E-state index contributed by atoms with van der Waals surface area (Å²) in [6.45, 7) is 2.41. The molecule has 1 aromatic heterocycles. The lowest BCUT2D eigenvalue weighted by atomic mass is 9.93. The van der Waals surface area contributed by atoms with Gasteiger partial charge in [0.2, 0.25) is 15.9 Å². The highest BCUT2D eigenvalue weighted by molar-refractivity contribution is 7.91. The normalized spacial score (nSPS) is 16.5. The maximum absolute atomic E-state index is 12.1. The summed E-state index contributed by atoms with van der Waals surface area (Å²) in [5, 5.41) is 7.61. The summed E-state index contributed by atoms with van der Waals surface area (Å²) in [5.41, 5.74) is 0. The highest BCUT2D eigenvalue weighted by Crippen LogP contribution is 2.20. The molecule has 1 fully saturated rings. The fourth-order valence-electron chi connectivity index (χ4n) is 2.89. The Hall–Kier alpha value is -1.65. The number of guanidine groups is 1. The molecule has 3 N–H and O–H groups in total. The molecule has 8 nitrogen and oxygen atoms in total. The Labute approximate surface area is 159 Å². The SMILES string of the molecule is CN=C(NCCNS(=O)(=O)c1cccs1)N1CCC(CC(=O)NC)CC1. The summed E-state index contributed by atoms with van der Waals surface area (Å²) in [6.07, 6.45) is 2.46. The van der Waals surface area contributed by atoms with Crippen LogP contribution < -0.4 is 15.4 Å². The van der Waals surface area contributed by atoms with Crippen molar-refractivity contribution in [3.63, 3.8) is 0 Å². The van der Waals surface area contributed by atoms with Gasteiger partial charge in [-0.3, -0.25) is 9.79 Å². The van der Waals surface area contributed by atoms with Crippen LogP contribution in [0.15, 0.2) is 26.7 Å². The Morgan fingerprint density at radius 1 is 1.35 bits per heavy atom. The van der Waals surface area contributed by atoms with Crippen molar-refractivity contribution in [3.05, 3.63) is 17.5 Å². The standard InChI is InChI=1S/C16H27N5O3S2/c1-17-14(22)12-13-5-9-21(10-6-13)16(18-2)19-7-8-20-26(23,24)15-4-3-11-25-15/h3-4,11,13,20H,5-10,12H2,1-2H3,(H,17,22)(H,18,19). The first-order valence-corrected chi connectivity index (χ1v) is 11.0. The van der Waals surface area contributed by atoms with E-state index < -0.39 is 10.0 Å². The Bertz CT molecular complexity index is 695. The van der Waals surface area contributed by atoms with Crippen LogP contribution in [0.4, 0.5) is 0 Å². The molecule has 10 heteroatoms. The topological polar surface area (TPSA) is 103 Å². The summed E-state index contributed by atoms with van der Waals surface area (Å²) in [7, 11) is -0.0510. The molecule has 1 saturated heterocycles. The second kappa shape index (κ2) is 9.89. The molecule has 0 saturated carbocycles. The van der Waals surface area contributed by atoms with E-state index in [1.807, 2.05) is 0 Å². The first-order chi connectivity index (χ1) is 12.5. The molecule has 1 aliphatic rings. The number of nitrogens with zero attached hydrogens (tertiary/aromatic N) is 2. The van der Waals surface area contributed by atoms with Crippen LogP contribution in [0, 0.1) is 5.92 Å². The van der Waals surface area contributed by atoms with E-state index in [0.717, 1.165) is 31.9 Å². The number of thiophene rings is 1. The highest BCUT2D eigenvalue weighted by Gasteiger charge is 2.23. The highest BCUT2D eigenvalue weighted by atomic mass is 32.2. The molecule has 1 aliphatic heterocycles. The number of hydrogen-bond acceptors (Lipinski definition) is 5. The number of aliphatic imine (C=N–C) groups is 1. The number of nitrogens with one attached hydrogen (secondary N) is 3. The van der Waals surface area contributed by atoms with Crippen LogP contribution in [0.25, 0.3) is 0 Å². The maximum Gasteiger partial charge on any atom is 0.250 e. The van der Waals surface area contributed by atoms with Gasteiger partial charge in [-0.15, -0.1) is 11.3 Å². The number of rotatable bonds is 7. The van der Waals surface area contributed by atoms with Crippen LogP contribution in [0.5, 0.6) is 0 Å². The molecule has 2 heterocycles. The van der Waals surface area contributed by atoms with Gasteiger partial charge in [-0.1, -0.05) is 6.07 Å². The van der Waals surface area contributed by atoms with Crippen LogP contribution >= 0.6 is 11.3 Å². The molecule has 0 unspecified atom stereocenters. The third-order valence-corrected chi connectivity index (χ3v) is 7.20. The number of amides is 1. The molecule has 26 heavy (non-hydrogen) atoms. The Balaban J connectivity index is 1.72. The fourth-order valence-corrected chi connectivity index (χ4v) is 4.96. The number of carbonyl (C=O) groups excluding carboxylic acids is 1. The van der Waals surface area contributed by atoms with E-state index in [1.165, 1.54) is 11.3 Å². The maximum atomic E-state index is 12.1. The van der Waals surface area contributed by atoms with Crippen LogP contribution in [-0.2, 0) is 14.8 Å². The Kier molecular flexibility index (Phi) is 7.85. The smallest absolute Gasteiger partial charge is 0.250 e. The third-order valence-electron chi connectivity index (χ3n) is 4.34. The first-order valence-electron chi connectivity index (χ1n) is 8.65. The van der Waals surface area contributed by atoms with Crippen molar-refractivity contribution in [3.8, 4) is 0 Å². The van der Waals surface area contributed by atoms with Crippen LogP contribution in [0.1, 0.15) is 19.3 Å². The predicted molar refractivity (Wildman–Crippen MR) is 104 cm³/mol. The van der Waals surface area contributed by atoms with Gasteiger partial charge in [0.25, 0.3) is 0 Å². The summed E-state index contributed by atoms with van der Waals surface area (Å²) in [4.78, 5) is 17.9. The first kappa shape index (κ1) is 20.7. The van der Waals surface area contributed by atoms with Gasteiger partial charge in [-0.25, -0.2) is 13.1 Å². The lowest BCUT2D eigenvalue weighted by molar-refractivity contribution is -0.121. The van der Waals surface area contributed by atoms with Crippen molar-refractivity contribution in [2.24, 2.45) is 10.9 Å². The van der Waals surface area contributed by atoms with E-state index in [9.17, 15) is 13.2 Å². The van der Waals surface area contributed by atoms with Crippen molar-refractivity contribution < 1.29 is 13.2 Å². The monoisotopic (exact) mass is 401 g/mol. The second-order valence-corrected chi connectivity index (χ2v) is 9.05. The Morgan fingerprint density at radius 2 is 2.08 bits per heavy atom. The lowest BCUT2D eigenvalue weighted by Gasteiger charge is -2.34. The summed E-state index contributed by atoms with van der Waals surface area (Å²) < 4.78 is 27.0. The molecule has 1 aromatic rings. The number of carbonyl (C=O) groups is 1. The van der Waals surface area contributed by atoms with E-state index >= 15 is 0 Å². The molecule has 146 valence electrons. The van der Waals surface area contributed by atoms with Crippen LogP contribution in [-0.4, -0.2) is 65.5 Å². The van der Waals surface area contributed by atoms with Gasteiger partial charge in [0, 0.05) is 46.7 Å². The Morgan fingerprint density at radius 3 is 2.65 bits per heavy atom. The van der Waals surface area contributed by atoms with E-state index in [4.69, 9.17) is 0 Å². The van der Waals surface area contributed by atoms with Gasteiger partial charge in [0.1, 0.15) is 4.21 Å². The zero-order valence-corrected chi connectivity index (χ0v) is 16.8. The third kappa shape index (κ3) is 5.96. The predicted octanol–water partition coefficient (Wildman–Crippen LogP) is 0.450. The molecule has 2 rings (SSSR count). The minimum absolute atomic E-state index is 0.0870. The summed E-state index contributed by atoms with van der Waals surface area (Å²) >= 11 is 1.20. The zero-order chi connectivity index (χ0) is 19.0. The van der Waals surface area contributed by atoms with E-state index in [0.29, 0.717) is 23.1 Å². The van der Waals surface area contributed by atoms with Crippen molar-refractivity contribution in [2.45, 2.75) is 23.5 Å². The van der Waals surface area contributed by atoms with Crippen molar-refractivity contribution in [2.75, 3.05) is 40.3 Å². The average molecular weight is 402 g/mol. The van der Waals surface area contributed by atoms with Gasteiger partial charge in [0.05, 0.1) is 0 Å². The van der Waals surface area contributed by atoms with Crippen LogP contribution in [0.3, 0.4) is 0 Å². The van der Waals surface area contributed by atoms with E-state index in [1.54, 1.807) is 31.6 Å². The minimum Gasteiger partial charge on any atom is -0.359 e. The molecule has 1 amide bonds. The quantitative estimate of drug-likeness (QED) is 0.350. The summed E-state index contributed by atoms with van der Waals surface area (Å²) in [5.74, 6) is 1.25. The van der Waals surface area contributed by atoms with Gasteiger partial charge >= 0.3 is 0 Å². The van der Waals surface area contributed by atoms with Crippen LogP contribution in [0.2, 0.25) is 0 Å². The summed E-state index contributed by atoms with van der Waals surface area (Å²) in [6, 6.07) is 3.30. The van der Waals surface area contributed by atoms with Crippen molar-refractivity contribution >= 4 is 33.2 Å². The minimum atomic E-state index is -3.43. The van der Waals surface area contributed by atoms with E-state index in [-0.39, 0.29) is 12.5 Å². The van der Waals surface area contributed by atoms with Gasteiger partial charge in [0.15, 0.2) is 5.96 Å². The molecule has 0 aromatic carbocycles. The van der Waals surface area contributed by atoms with Gasteiger partial charge in [-0.05, 0) is 30.2 Å². The van der Waals surface area contributed by atoms with Gasteiger partial charge in [-0.2, -0.15) is 0 Å². The van der Waals surface area contributed by atoms with Gasteiger partial charge < -0.3 is 15.5 Å². The zero-order valence-electron chi connectivity index (χ0n) is 15.2. The lowest BCUT2D eigenvalue weighted by Crippen LogP contribution is -2.47. The number of likely N-dealkylation sites (tertiary alicyclic amines) is 1. The van der Waals surface area contributed by atoms with E-state index in [2.05, 4.69) is 25.2 Å². The molecule has 0 radical (unpaired) electrons. The van der Waals surface area contributed by atoms with Crippen molar-refractivity contribution in [1.82, 2.24) is 20.3 Å². The number of piperidine rings is 1. The van der Waals surface area contributed by atoms with Crippen molar-refractivity contribution in [1.29, 1.82) is 0 Å². The molecule has 0 atom stereocenters. The number of sulfonamides is 1.